The lowest BCUT2D eigenvalue weighted by molar-refractivity contribution is 0.278. The van der Waals surface area contributed by atoms with Crippen LogP contribution in [0.1, 0.15) is 32.3 Å². The van der Waals surface area contributed by atoms with Gasteiger partial charge in [-0.25, -0.2) is 0 Å². The standard InChI is InChI=1S/C18H28N2O/c1-14(2)13-19-8-10-20(11-9-19)16-6-7-17(15(3)4)18(12-16)21-5/h6-7,12,15H,1,8-11,13H2,2-5H3. The van der Waals surface area contributed by atoms with Gasteiger partial charge in [0.1, 0.15) is 5.75 Å². The molecule has 1 aromatic rings. The lowest BCUT2D eigenvalue weighted by atomic mass is 10.0. The highest BCUT2D eigenvalue weighted by atomic mass is 16.5. The largest absolute Gasteiger partial charge is 0.496 e. The summed E-state index contributed by atoms with van der Waals surface area (Å²) < 4.78 is 5.56. The minimum absolute atomic E-state index is 0.487. The first kappa shape index (κ1) is 15.9. The van der Waals surface area contributed by atoms with Gasteiger partial charge >= 0.3 is 0 Å². The van der Waals surface area contributed by atoms with Gasteiger partial charge in [-0.1, -0.05) is 32.1 Å². The molecular weight excluding hydrogens is 260 g/mol. The van der Waals surface area contributed by atoms with E-state index in [0.717, 1.165) is 38.5 Å². The maximum Gasteiger partial charge on any atom is 0.124 e. The maximum absolute atomic E-state index is 5.56. The van der Waals surface area contributed by atoms with Crippen LogP contribution >= 0.6 is 0 Å². The van der Waals surface area contributed by atoms with Gasteiger partial charge in [-0.2, -0.15) is 0 Å². The molecule has 1 aromatic carbocycles. The van der Waals surface area contributed by atoms with Crippen molar-refractivity contribution in [3.63, 3.8) is 0 Å². The first-order valence-corrected chi connectivity index (χ1v) is 7.81. The lowest BCUT2D eigenvalue weighted by Crippen LogP contribution is -2.46. The molecule has 0 spiro atoms. The van der Waals surface area contributed by atoms with E-state index < -0.39 is 0 Å². The van der Waals surface area contributed by atoms with E-state index in [1.807, 2.05) is 0 Å². The van der Waals surface area contributed by atoms with Crippen molar-refractivity contribution in [1.82, 2.24) is 4.90 Å². The van der Waals surface area contributed by atoms with E-state index in [0.29, 0.717) is 5.92 Å². The number of methoxy groups -OCH3 is 1. The van der Waals surface area contributed by atoms with Crippen LogP contribution in [0.2, 0.25) is 0 Å². The summed E-state index contributed by atoms with van der Waals surface area (Å²) in [6.45, 7) is 15.9. The van der Waals surface area contributed by atoms with Crippen molar-refractivity contribution < 1.29 is 4.74 Å². The average molecular weight is 288 g/mol. The van der Waals surface area contributed by atoms with Crippen LogP contribution in [-0.2, 0) is 0 Å². The molecule has 1 aliphatic rings. The summed E-state index contributed by atoms with van der Waals surface area (Å²) in [4.78, 5) is 4.92. The molecule has 0 radical (unpaired) electrons. The number of piperazine rings is 1. The molecule has 116 valence electrons. The Morgan fingerprint density at radius 3 is 2.43 bits per heavy atom. The molecule has 0 N–H and O–H groups in total. The number of ether oxygens (including phenoxy) is 1. The number of benzene rings is 1. The van der Waals surface area contributed by atoms with Gasteiger partial charge in [-0.3, -0.25) is 4.90 Å². The van der Waals surface area contributed by atoms with Crippen LogP contribution in [0.3, 0.4) is 0 Å². The van der Waals surface area contributed by atoms with Crippen LogP contribution in [0.25, 0.3) is 0 Å². The third-order valence-electron chi connectivity index (χ3n) is 4.07. The van der Waals surface area contributed by atoms with Crippen molar-refractivity contribution in [3.8, 4) is 5.75 Å². The molecule has 3 nitrogen and oxygen atoms in total. The van der Waals surface area contributed by atoms with Crippen LogP contribution < -0.4 is 9.64 Å². The zero-order valence-electron chi connectivity index (χ0n) is 13.9. The van der Waals surface area contributed by atoms with E-state index in [2.05, 4.69) is 55.3 Å². The summed E-state index contributed by atoms with van der Waals surface area (Å²) in [5.41, 5.74) is 3.79. The predicted octanol–water partition coefficient (Wildman–Crippen LogP) is 3.52. The lowest BCUT2D eigenvalue weighted by Gasteiger charge is -2.36. The van der Waals surface area contributed by atoms with Crippen molar-refractivity contribution in [2.45, 2.75) is 26.7 Å². The third-order valence-corrected chi connectivity index (χ3v) is 4.07. The van der Waals surface area contributed by atoms with Crippen molar-refractivity contribution in [2.24, 2.45) is 0 Å². The van der Waals surface area contributed by atoms with Gasteiger partial charge in [0.05, 0.1) is 7.11 Å². The minimum Gasteiger partial charge on any atom is -0.496 e. The molecule has 0 unspecified atom stereocenters. The third kappa shape index (κ3) is 4.01. The van der Waals surface area contributed by atoms with E-state index in [9.17, 15) is 0 Å². The number of anilines is 1. The molecule has 0 aliphatic carbocycles. The molecule has 1 aliphatic heterocycles. The van der Waals surface area contributed by atoms with Gasteiger partial charge in [-0.15, -0.1) is 0 Å². The fourth-order valence-electron chi connectivity index (χ4n) is 2.92. The van der Waals surface area contributed by atoms with Gasteiger partial charge in [0.2, 0.25) is 0 Å². The zero-order valence-corrected chi connectivity index (χ0v) is 13.9. The highest BCUT2D eigenvalue weighted by Gasteiger charge is 2.18. The fourth-order valence-corrected chi connectivity index (χ4v) is 2.92. The summed E-state index contributed by atoms with van der Waals surface area (Å²) in [7, 11) is 1.76. The monoisotopic (exact) mass is 288 g/mol. The SMILES string of the molecule is C=C(C)CN1CCN(c2ccc(C(C)C)c(OC)c2)CC1. The van der Waals surface area contributed by atoms with E-state index in [4.69, 9.17) is 4.74 Å². The van der Waals surface area contributed by atoms with E-state index >= 15 is 0 Å². The Balaban J connectivity index is 2.05. The number of rotatable bonds is 5. The summed E-state index contributed by atoms with van der Waals surface area (Å²) in [6.07, 6.45) is 0. The molecule has 1 saturated heterocycles. The quantitative estimate of drug-likeness (QED) is 0.771. The molecule has 1 heterocycles. The molecule has 3 heteroatoms. The Hall–Kier alpha value is -1.48. The Labute approximate surface area is 129 Å². The Morgan fingerprint density at radius 2 is 1.90 bits per heavy atom. The number of hydrogen-bond donors (Lipinski definition) is 0. The summed E-state index contributed by atoms with van der Waals surface area (Å²) in [5, 5.41) is 0. The Bertz CT molecular complexity index is 488. The summed E-state index contributed by atoms with van der Waals surface area (Å²) >= 11 is 0. The Morgan fingerprint density at radius 1 is 1.24 bits per heavy atom. The molecule has 2 rings (SSSR count). The fraction of sp³-hybridized carbons (Fsp3) is 0.556. The van der Waals surface area contributed by atoms with E-state index in [-0.39, 0.29) is 0 Å². The van der Waals surface area contributed by atoms with Crippen LogP contribution in [0.5, 0.6) is 5.75 Å². The second-order valence-electron chi connectivity index (χ2n) is 6.30. The molecule has 0 amide bonds. The van der Waals surface area contributed by atoms with Crippen LogP contribution in [0.4, 0.5) is 5.69 Å². The van der Waals surface area contributed by atoms with Gasteiger partial charge in [0.25, 0.3) is 0 Å². The minimum atomic E-state index is 0.487. The van der Waals surface area contributed by atoms with Crippen LogP contribution in [-0.4, -0.2) is 44.7 Å². The molecule has 21 heavy (non-hydrogen) atoms. The normalized spacial score (nSPS) is 16.3. The second-order valence-corrected chi connectivity index (χ2v) is 6.30. The highest BCUT2D eigenvalue weighted by Crippen LogP contribution is 2.31. The van der Waals surface area contributed by atoms with E-state index in [1.165, 1.54) is 16.8 Å². The van der Waals surface area contributed by atoms with Crippen molar-refractivity contribution in [2.75, 3.05) is 44.7 Å². The van der Waals surface area contributed by atoms with Crippen molar-refractivity contribution in [1.29, 1.82) is 0 Å². The van der Waals surface area contributed by atoms with Gasteiger partial charge < -0.3 is 9.64 Å². The second kappa shape index (κ2) is 6.99. The smallest absolute Gasteiger partial charge is 0.124 e. The van der Waals surface area contributed by atoms with Crippen LogP contribution in [0.15, 0.2) is 30.4 Å². The predicted molar refractivity (Wildman–Crippen MR) is 90.6 cm³/mol. The Kier molecular flexibility index (Phi) is 5.29. The molecule has 0 bridgehead atoms. The van der Waals surface area contributed by atoms with Crippen LogP contribution in [0, 0.1) is 0 Å². The summed E-state index contributed by atoms with van der Waals surface area (Å²) in [5.74, 6) is 1.49. The van der Waals surface area contributed by atoms with Crippen molar-refractivity contribution in [3.05, 3.63) is 35.9 Å². The zero-order chi connectivity index (χ0) is 15.4. The highest BCUT2D eigenvalue weighted by molar-refractivity contribution is 5.55. The van der Waals surface area contributed by atoms with Gasteiger partial charge in [0, 0.05) is 44.5 Å². The topological polar surface area (TPSA) is 15.7 Å². The molecule has 0 saturated carbocycles. The molecule has 1 fully saturated rings. The first-order valence-electron chi connectivity index (χ1n) is 7.81. The van der Waals surface area contributed by atoms with Gasteiger partial charge in [-0.05, 0) is 24.5 Å². The maximum atomic E-state index is 5.56. The molecule has 0 atom stereocenters. The number of nitrogens with zero attached hydrogens (tertiary/aromatic N) is 2. The van der Waals surface area contributed by atoms with Gasteiger partial charge in [0.15, 0.2) is 0 Å². The summed E-state index contributed by atoms with van der Waals surface area (Å²) in [6, 6.07) is 6.62. The van der Waals surface area contributed by atoms with E-state index in [1.54, 1.807) is 7.11 Å². The molecular formula is C18H28N2O. The van der Waals surface area contributed by atoms with Crippen molar-refractivity contribution >= 4 is 5.69 Å². The average Bonchev–Trinajstić information content (AvgIpc) is 2.46. The number of hydrogen-bond acceptors (Lipinski definition) is 3. The molecule has 0 aromatic heterocycles. The first-order chi connectivity index (χ1) is 10.0.